The molecule has 0 saturated heterocycles. The molecule has 3 nitrogen and oxygen atoms in total. The Bertz CT molecular complexity index is 988. The number of benzene rings is 3. The van der Waals surface area contributed by atoms with Crippen LogP contribution >= 0.6 is 15.9 Å². The molecule has 1 heterocycles. The van der Waals surface area contributed by atoms with Gasteiger partial charge in [0.15, 0.2) is 0 Å². The minimum atomic E-state index is -0.286. The van der Waals surface area contributed by atoms with E-state index in [1.807, 2.05) is 54.6 Å². The van der Waals surface area contributed by atoms with E-state index >= 15 is 0 Å². The fraction of sp³-hybridized carbons (Fsp3) is 0.136. The molecule has 0 amide bonds. The van der Waals surface area contributed by atoms with E-state index in [1.54, 1.807) is 24.3 Å². The number of anilines is 1. The number of para-hydroxylation sites is 1. The third kappa shape index (κ3) is 3.60. The van der Waals surface area contributed by atoms with Crippen LogP contribution in [0.1, 0.15) is 23.6 Å². The van der Waals surface area contributed by atoms with Gasteiger partial charge in [-0.2, -0.15) is 5.10 Å². The number of halogens is 2. The summed E-state index contributed by atoms with van der Waals surface area (Å²) < 4.78 is 20.9. The van der Waals surface area contributed by atoms with Crippen molar-refractivity contribution in [2.24, 2.45) is 5.10 Å². The molecule has 1 aliphatic heterocycles. The van der Waals surface area contributed by atoms with E-state index < -0.39 is 0 Å². The van der Waals surface area contributed by atoms with E-state index in [4.69, 9.17) is 9.84 Å². The zero-order chi connectivity index (χ0) is 18.8. The summed E-state index contributed by atoms with van der Waals surface area (Å²) in [6.07, 6.45) is 0.684. The maximum Gasteiger partial charge on any atom is 0.148 e. The number of methoxy groups -OCH3 is 1. The first-order valence-corrected chi connectivity index (χ1v) is 9.46. The number of nitrogens with zero attached hydrogens (tertiary/aromatic N) is 2. The normalized spacial score (nSPS) is 16.3. The molecule has 4 rings (SSSR count). The van der Waals surface area contributed by atoms with E-state index in [-0.39, 0.29) is 11.9 Å². The van der Waals surface area contributed by atoms with Crippen molar-refractivity contribution in [2.75, 3.05) is 12.1 Å². The van der Waals surface area contributed by atoms with Crippen molar-refractivity contribution in [3.05, 3.63) is 94.2 Å². The molecule has 0 aromatic heterocycles. The molecule has 0 spiro atoms. The van der Waals surface area contributed by atoms with Gasteiger partial charge in [-0.05, 0) is 47.5 Å². The highest BCUT2D eigenvalue weighted by Crippen LogP contribution is 2.38. The average molecular weight is 425 g/mol. The Balaban J connectivity index is 1.78. The molecular formula is C22H18BrFN2O. The van der Waals surface area contributed by atoms with Crippen molar-refractivity contribution in [1.29, 1.82) is 0 Å². The lowest BCUT2D eigenvalue weighted by Gasteiger charge is -2.24. The third-order valence-electron chi connectivity index (χ3n) is 4.67. The van der Waals surface area contributed by atoms with E-state index in [0.717, 1.165) is 27.1 Å². The van der Waals surface area contributed by atoms with Crippen molar-refractivity contribution < 1.29 is 9.13 Å². The molecule has 0 fully saturated rings. The molecular weight excluding hydrogens is 407 g/mol. The molecule has 136 valence electrons. The van der Waals surface area contributed by atoms with Gasteiger partial charge in [-0.15, -0.1) is 0 Å². The second-order valence-corrected chi connectivity index (χ2v) is 7.26. The van der Waals surface area contributed by atoms with Gasteiger partial charge in [0.25, 0.3) is 0 Å². The molecule has 27 heavy (non-hydrogen) atoms. The van der Waals surface area contributed by atoms with E-state index in [1.165, 1.54) is 6.07 Å². The fourth-order valence-corrected chi connectivity index (χ4v) is 3.56. The number of hydrazone groups is 1. The van der Waals surface area contributed by atoms with Crippen LogP contribution in [0.2, 0.25) is 0 Å². The summed E-state index contributed by atoms with van der Waals surface area (Å²) in [6.45, 7) is 0. The first-order valence-electron chi connectivity index (χ1n) is 8.67. The Labute approximate surface area is 166 Å². The van der Waals surface area contributed by atoms with E-state index in [0.29, 0.717) is 12.1 Å². The van der Waals surface area contributed by atoms with Gasteiger partial charge in [0, 0.05) is 10.9 Å². The number of hydrogen-bond acceptors (Lipinski definition) is 3. The van der Waals surface area contributed by atoms with Crippen molar-refractivity contribution >= 4 is 27.3 Å². The number of ether oxygens (including phenoxy) is 1. The first-order chi connectivity index (χ1) is 13.2. The monoisotopic (exact) mass is 424 g/mol. The smallest absolute Gasteiger partial charge is 0.148 e. The van der Waals surface area contributed by atoms with Crippen LogP contribution in [0.4, 0.5) is 10.1 Å². The maximum absolute atomic E-state index is 14.5. The molecule has 0 radical (unpaired) electrons. The van der Waals surface area contributed by atoms with Gasteiger partial charge >= 0.3 is 0 Å². The summed E-state index contributed by atoms with van der Waals surface area (Å²) in [5, 5.41) is 6.57. The molecule has 3 aromatic carbocycles. The lowest BCUT2D eigenvalue weighted by atomic mass is 9.98. The van der Waals surface area contributed by atoms with Gasteiger partial charge in [0.2, 0.25) is 0 Å². The molecule has 0 aliphatic carbocycles. The number of rotatable bonds is 4. The third-order valence-corrected chi connectivity index (χ3v) is 5.19. The van der Waals surface area contributed by atoms with Gasteiger partial charge in [-0.25, -0.2) is 4.39 Å². The zero-order valence-corrected chi connectivity index (χ0v) is 16.4. The SMILES string of the molecule is COc1cccc(C2CC(c3ccc(Br)cc3)=NN2c2ccccc2F)c1. The molecule has 1 aliphatic rings. The standard InChI is InChI=1S/C22H18BrFN2O/c1-27-18-6-4-5-16(13-18)22-14-20(15-9-11-17(23)12-10-15)25-26(22)21-8-3-2-7-19(21)24/h2-13,22H,14H2,1H3. The van der Waals surface area contributed by atoms with Crippen molar-refractivity contribution in [3.63, 3.8) is 0 Å². The van der Waals surface area contributed by atoms with Gasteiger partial charge in [-0.1, -0.05) is 52.3 Å². The minimum absolute atomic E-state index is 0.101. The molecule has 1 atom stereocenters. The Hall–Kier alpha value is -2.66. The average Bonchev–Trinajstić information content (AvgIpc) is 3.14. The summed E-state index contributed by atoms with van der Waals surface area (Å²) in [7, 11) is 1.64. The van der Waals surface area contributed by atoms with Crippen molar-refractivity contribution in [2.45, 2.75) is 12.5 Å². The lowest BCUT2D eigenvalue weighted by Crippen LogP contribution is -2.19. The van der Waals surface area contributed by atoms with Crippen LogP contribution in [-0.2, 0) is 0 Å². The quantitative estimate of drug-likeness (QED) is 0.516. The second kappa shape index (κ2) is 7.53. The first kappa shape index (κ1) is 17.7. The van der Waals surface area contributed by atoms with Gasteiger partial charge < -0.3 is 4.74 Å². The molecule has 5 heteroatoms. The predicted octanol–water partition coefficient (Wildman–Crippen LogP) is 5.95. The predicted molar refractivity (Wildman–Crippen MR) is 110 cm³/mol. The zero-order valence-electron chi connectivity index (χ0n) is 14.8. The summed E-state index contributed by atoms with van der Waals surface area (Å²) in [5.41, 5.74) is 3.47. The fourth-order valence-electron chi connectivity index (χ4n) is 3.30. The van der Waals surface area contributed by atoms with Crippen LogP contribution in [-0.4, -0.2) is 12.8 Å². The Morgan fingerprint density at radius 3 is 2.56 bits per heavy atom. The Morgan fingerprint density at radius 1 is 1.04 bits per heavy atom. The molecule has 3 aromatic rings. The topological polar surface area (TPSA) is 24.8 Å². The maximum atomic E-state index is 14.5. The largest absolute Gasteiger partial charge is 0.497 e. The van der Waals surface area contributed by atoms with Gasteiger partial charge in [0.1, 0.15) is 11.6 Å². The second-order valence-electron chi connectivity index (χ2n) is 6.35. The molecule has 0 saturated carbocycles. The number of hydrogen-bond donors (Lipinski definition) is 0. The Kier molecular flexibility index (Phi) is 4.94. The van der Waals surface area contributed by atoms with Gasteiger partial charge in [0.05, 0.1) is 24.6 Å². The summed E-state index contributed by atoms with van der Waals surface area (Å²) in [6, 6.07) is 22.5. The van der Waals surface area contributed by atoms with Crippen molar-refractivity contribution in [1.82, 2.24) is 0 Å². The van der Waals surface area contributed by atoms with Crippen LogP contribution in [0.5, 0.6) is 5.75 Å². The van der Waals surface area contributed by atoms with Crippen LogP contribution in [0, 0.1) is 5.82 Å². The van der Waals surface area contributed by atoms with E-state index in [9.17, 15) is 4.39 Å². The van der Waals surface area contributed by atoms with Crippen LogP contribution in [0.3, 0.4) is 0 Å². The molecule has 0 N–H and O–H groups in total. The highest BCUT2D eigenvalue weighted by Gasteiger charge is 2.31. The molecule has 1 unspecified atom stereocenters. The molecule has 0 bridgehead atoms. The van der Waals surface area contributed by atoms with Crippen LogP contribution in [0.25, 0.3) is 0 Å². The van der Waals surface area contributed by atoms with E-state index in [2.05, 4.69) is 15.9 Å². The van der Waals surface area contributed by atoms with Gasteiger partial charge in [-0.3, -0.25) is 5.01 Å². The Morgan fingerprint density at radius 2 is 1.81 bits per heavy atom. The highest BCUT2D eigenvalue weighted by atomic mass is 79.9. The van der Waals surface area contributed by atoms with Crippen molar-refractivity contribution in [3.8, 4) is 5.75 Å². The summed E-state index contributed by atoms with van der Waals surface area (Å²) >= 11 is 3.46. The summed E-state index contributed by atoms with van der Waals surface area (Å²) in [5.74, 6) is 0.490. The highest BCUT2D eigenvalue weighted by molar-refractivity contribution is 9.10. The lowest BCUT2D eigenvalue weighted by molar-refractivity contribution is 0.414. The minimum Gasteiger partial charge on any atom is -0.497 e. The van der Waals surface area contributed by atoms with Crippen LogP contribution < -0.4 is 9.75 Å². The summed E-state index contributed by atoms with van der Waals surface area (Å²) in [4.78, 5) is 0. The van der Waals surface area contributed by atoms with Crippen LogP contribution in [0.15, 0.2) is 82.4 Å².